The Hall–Kier alpha value is -0.550. The molecule has 0 radical (unpaired) electrons. The highest BCUT2D eigenvalue weighted by Crippen LogP contribution is 2.88. The summed E-state index contributed by atoms with van der Waals surface area (Å²) in [5, 5.41) is 9.51. The van der Waals surface area contributed by atoms with Crippen molar-refractivity contribution in [2.24, 2.45) is 51.2 Å². The molecule has 0 aromatic rings. The minimum atomic E-state index is 0.0629. The van der Waals surface area contributed by atoms with Crippen molar-refractivity contribution in [2.75, 3.05) is 0 Å². The van der Waals surface area contributed by atoms with Crippen molar-refractivity contribution < 1.29 is 4.74 Å². The molecule has 1 heterocycles. The van der Waals surface area contributed by atoms with Crippen LogP contribution in [0.15, 0.2) is 0 Å². The second kappa shape index (κ2) is 7.23. The lowest BCUT2D eigenvalue weighted by Crippen LogP contribution is -2.67. The van der Waals surface area contributed by atoms with Crippen LogP contribution >= 0.6 is 0 Å². The first-order valence-corrected chi connectivity index (χ1v) is 14.1. The molecule has 180 valence electrons. The monoisotopic (exact) mass is 439 g/mol. The summed E-state index contributed by atoms with van der Waals surface area (Å²) >= 11 is 0. The number of rotatable bonds is 7. The van der Waals surface area contributed by atoms with E-state index in [1.54, 1.807) is 0 Å². The van der Waals surface area contributed by atoms with Gasteiger partial charge in [-0.2, -0.15) is 5.26 Å². The Morgan fingerprint density at radius 2 is 1.75 bits per heavy atom. The molecule has 2 spiro atoms. The van der Waals surface area contributed by atoms with Gasteiger partial charge in [0.2, 0.25) is 0 Å². The molecule has 10 atom stereocenters. The van der Waals surface area contributed by atoms with Crippen LogP contribution in [-0.2, 0) is 4.74 Å². The number of ether oxygens (including phenoxy) is 1. The molecule has 1 saturated heterocycles. The van der Waals surface area contributed by atoms with Gasteiger partial charge in [0.1, 0.15) is 0 Å². The normalized spacial score (nSPS) is 54.0. The van der Waals surface area contributed by atoms with Crippen LogP contribution in [0, 0.1) is 62.6 Å². The van der Waals surface area contributed by atoms with Crippen molar-refractivity contribution in [3.63, 3.8) is 0 Å². The van der Waals surface area contributed by atoms with Gasteiger partial charge in [-0.05, 0) is 80.0 Å². The van der Waals surface area contributed by atoms with E-state index in [2.05, 4.69) is 54.5 Å². The van der Waals surface area contributed by atoms with E-state index in [1.165, 1.54) is 57.8 Å². The Kier molecular flexibility index (Phi) is 5.24. The van der Waals surface area contributed by atoms with Crippen LogP contribution in [0.25, 0.3) is 0 Å². The second-order valence-corrected chi connectivity index (χ2v) is 14.1. The molecule has 4 saturated carbocycles. The standard InChI is InChI=1S/C30H49NO/c1-20(2)10-8-11-21(3)23-13-16-30-27(23,6)17-18-29-25(32-30)22(4)24(12-15-28(29,30)7)26(29,5)14-9-19-31/h20-25H,8-18H2,1-7H3. The van der Waals surface area contributed by atoms with Crippen molar-refractivity contribution in [3.8, 4) is 6.07 Å². The summed E-state index contributed by atoms with van der Waals surface area (Å²) in [4.78, 5) is 0. The molecule has 4 aliphatic carbocycles. The van der Waals surface area contributed by atoms with E-state index in [0.29, 0.717) is 23.9 Å². The fourth-order valence-electron chi connectivity index (χ4n) is 11.8. The van der Waals surface area contributed by atoms with Crippen LogP contribution in [0.3, 0.4) is 0 Å². The molecule has 5 aliphatic rings. The summed E-state index contributed by atoms with van der Waals surface area (Å²) in [6.45, 7) is 17.7. The van der Waals surface area contributed by atoms with Crippen molar-refractivity contribution >= 4 is 0 Å². The fraction of sp³-hybridized carbons (Fsp3) is 0.967. The van der Waals surface area contributed by atoms with Gasteiger partial charge >= 0.3 is 0 Å². The van der Waals surface area contributed by atoms with Crippen LogP contribution in [0.5, 0.6) is 0 Å². The maximum atomic E-state index is 9.51. The Labute approximate surface area is 198 Å². The zero-order chi connectivity index (χ0) is 23.2. The second-order valence-electron chi connectivity index (χ2n) is 14.1. The van der Waals surface area contributed by atoms with Gasteiger partial charge < -0.3 is 4.74 Å². The van der Waals surface area contributed by atoms with Gasteiger partial charge in [0.15, 0.2) is 0 Å². The summed E-state index contributed by atoms with van der Waals surface area (Å²) < 4.78 is 7.58. The molecule has 5 rings (SSSR count). The average molecular weight is 440 g/mol. The Bertz CT molecular complexity index is 799. The number of nitrogens with zero attached hydrogens (tertiary/aromatic N) is 1. The van der Waals surface area contributed by atoms with Crippen LogP contribution in [0.2, 0.25) is 0 Å². The molecule has 2 heteroatoms. The lowest BCUT2D eigenvalue weighted by Gasteiger charge is -2.68. The summed E-state index contributed by atoms with van der Waals surface area (Å²) in [5.74, 6) is 3.81. The minimum absolute atomic E-state index is 0.0629. The van der Waals surface area contributed by atoms with Crippen molar-refractivity contribution in [2.45, 2.75) is 131 Å². The molecule has 32 heavy (non-hydrogen) atoms. The van der Waals surface area contributed by atoms with E-state index in [0.717, 1.165) is 30.1 Å². The van der Waals surface area contributed by atoms with Crippen LogP contribution in [0.4, 0.5) is 0 Å². The van der Waals surface area contributed by atoms with Gasteiger partial charge in [0.25, 0.3) is 0 Å². The molecular weight excluding hydrogens is 390 g/mol. The summed E-state index contributed by atoms with van der Waals surface area (Å²) in [6, 6.07) is 2.52. The van der Waals surface area contributed by atoms with E-state index in [4.69, 9.17) is 4.74 Å². The zero-order valence-electron chi connectivity index (χ0n) is 22.1. The zero-order valence-corrected chi connectivity index (χ0v) is 22.1. The van der Waals surface area contributed by atoms with E-state index >= 15 is 0 Å². The van der Waals surface area contributed by atoms with Crippen molar-refractivity contribution in [1.82, 2.24) is 0 Å². The minimum Gasteiger partial charge on any atom is -0.370 e. The average Bonchev–Trinajstić information content (AvgIpc) is 3.16. The highest BCUT2D eigenvalue weighted by Gasteiger charge is 2.87. The smallest absolute Gasteiger partial charge is 0.0802 e. The highest BCUT2D eigenvalue weighted by atomic mass is 16.5. The van der Waals surface area contributed by atoms with Crippen LogP contribution in [-0.4, -0.2) is 11.7 Å². The van der Waals surface area contributed by atoms with Crippen LogP contribution < -0.4 is 0 Å². The van der Waals surface area contributed by atoms with Gasteiger partial charge in [-0.1, -0.05) is 67.7 Å². The number of hydrogen-bond acceptors (Lipinski definition) is 2. The lowest BCUT2D eigenvalue weighted by molar-refractivity contribution is -0.227. The van der Waals surface area contributed by atoms with Gasteiger partial charge in [0, 0.05) is 22.7 Å². The van der Waals surface area contributed by atoms with Gasteiger partial charge in [-0.15, -0.1) is 0 Å². The summed E-state index contributed by atoms with van der Waals surface area (Å²) in [7, 11) is 0. The third-order valence-corrected chi connectivity index (χ3v) is 13.1. The Balaban J connectivity index is 1.52. The van der Waals surface area contributed by atoms with Crippen LogP contribution in [0.1, 0.15) is 119 Å². The first kappa shape index (κ1) is 23.2. The molecule has 3 bridgehead atoms. The molecular formula is C30H49NO. The molecule has 0 amide bonds. The molecule has 2 nitrogen and oxygen atoms in total. The van der Waals surface area contributed by atoms with E-state index in [9.17, 15) is 5.26 Å². The predicted molar refractivity (Wildman–Crippen MR) is 131 cm³/mol. The lowest BCUT2D eigenvalue weighted by atomic mass is 9.35. The van der Waals surface area contributed by atoms with E-state index in [-0.39, 0.29) is 21.8 Å². The first-order chi connectivity index (χ1) is 15.0. The first-order valence-electron chi connectivity index (χ1n) is 14.1. The topological polar surface area (TPSA) is 33.0 Å². The van der Waals surface area contributed by atoms with Crippen molar-refractivity contribution in [1.29, 1.82) is 5.26 Å². The largest absolute Gasteiger partial charge is 0.370 e. The molecule has 5 fully saturated rings. The fourth-order valence-corrected chi connectivity index (χ4v) is 11.8. The predicted octanol–water partition coefficient (Wildman–Crippen LogP) is 8.16. The molecule has 10 unspecified atom stereocenters. The summed E-state index contributed by atoms with van der Waals surface area (Å²) in [5.41, 5.74) is 1.21. The van der Waals surface area contributed by atoms with E-state index in [1.807, 2.05) is 0 Å². The Morgan fingerprint density at radius 1 is 1.00 bits per heavy atom. The molecule has 0 N–H and O–H groups in total. The third kappa shape index (κ3) is 2.36. The molecule has 0 aromatic carbocycles. The maximum Gasteiger partial charge on any atom is 0.0802 e. The maximum absolute atomic E-state index is 9.51. The SMILES string of the molecule is CC(C)CCCC(C)C1CCC23OC4C(C)C5CCC2(C)C4(CCC13C)C5(C)CCC#N. The molecule has 1 aliphatic heterocycles. The number of nitriles is 1. The number of hydrogen-bond donors (Lipinski definition) is 0. The Morgan fingerprint density at radius 3 is 2.44 bits per heavy atom. The van der Waals surface area contributed by atoms with E-state index < -0.39 is 0 Å². The summed E-state index contributed by atoms with van der Waals surface area (Å²) in [6.07, 6.45) is 14.4. The van der Waals surface area contributed by atoms with Gasteiger partial charge in [-0.3, -0.25) is 0 Å². The number of fused-ring (bicyclic) bond motifs is 1. The molecule has 0 aromatic heterocycles. The van der Waals surface area contributed by atoms with Crippen molar-refractivity contribution in [3.05, 3.63) is 0 Å². The van der Waals surface area contributed by atoms with Gasteiger partial charge in [0.05, 0.1) is 17.8 Å². The van der Waals surface area contributed by atoms with Gasteiger partial charge in [-0.25, -0.2) is 0 Å². The quantitative estimate of drug-likeness (QED) is 0.401. The highest BCUT2D eigenvalue weighted by molar-refractivity contribution is 5.35. The third-order valence-electron chi connectivity index (χ3n) is 13.1.